The summed E-state index contributed by atoms with van der Waals surface area (Å²) in [6, 6.07) is 2.08. The summed E-state index contributed by atoms with van der Waals surface area (Å²) in [5, 5.41) is 3.35. The van der Waals surface area contributed by atoms with Gasteiger partial charge in [-0.25, -0.2) is 15.0 Å². The third kappa shape index (κ3) is 3.08. The number of aromatic nitrogens is 4. The first-order valence-corrected chi connectivity index (χ1v) is 7.46. The van der Waals surface area contributed by atoms with Crippen molar-refractivity contribution in [1.29, 1.82) is 0 Å². The van der Waals surface area contributed by atoms with Crippen LogP contribution in [0.25, 0.3) is 0 Å². The molecular weight excluding hydrogens is 280 g/mol. The summed E-state index contributed by atoms with van der Waals surface area (Å²) < 4.78 is 1.56. The molecule has 1 fully saturated rings. The molecule has 2 aromatic heterocycles. The average Bonchev–Trinajstić information content (AvgIpc) is 2.50. The minimum atomic E-state index is -0.0602. The molecule has 7 heteroatoms. The molecule has 116 valence electrons. The van der Waals surface area contributed by atoms with E-state index < -0.39 is 0 Å². The van der Waals surface area contributed by atoms with Crippen LogP contribution < -0.4 is 15.8 Å². The highest BCUT2D eigenvalue weighted by atomic mass is 16.1. The van der Waals surface area contributed by atoms with Gasteiger partial charge in [0.2, 0.25) is 5.95 Å². The number of rotatable bonds is 3. The highest BCUT2D eigenvalue weighted by molar-refractivity contribution is 5.38. The fourth-order valence-electron chi connectivity index (χ4n) is 2.69. The largest absolute Gasteiger partial charge is 0.350 e. The normalized spacial score (nSPS) is 18.3. The fraction of sp³-hybridized carbons (Fsp3) is 0.467. The third-order valence-corrected chi connectivity index (χ3v) is 3.85. The van der Waals surface area contributed by atoms with Gasteiger partial charge in [0.15, 0.2) is 5.82 Å². The molecule has 22 heavy (non-hydrogen) atoms. The van der Waals surface area contributed by atoms with Crippen molar-refractivity contribution < 1.29 is 0 Å². The molecule has 0 unspecified atom stereocenters. The molecule has 1 aliphatic heterocycles. The first kappa shape index (κ1) is 14.5. The Morgan fingerprint density at radius 1 is 1.32 bits per heavy atom. The lowest BCUT2D eigenvalue weighted by atomic mass is 10.1. The predicted molar refractivity (Wildman–Crippen MR) is 85.1 cm³/mol. The van der Waals surface area contributed by atoms with Gasteiger partial charge in [0, 0.05) is 50.5 Å². The number of aryl methyl sites for hydroxylation is 2. The lowest BCUT2D eigenvalue weighted by Crippen LogP contribution is -2.45. The zero-order valence-corrected chi connectivity index (χ0v) is 12.9. The molecule has 0 aromatic carbocycles. The molecule has 0 aliphatic carbocycles. The van der Waals surface area contributed by atoms with E-state index in [-0.39, 0.29) is 11.6 Å². The minimum Gasteiger partial charge on any atom is -0.350 e. The summed E-state index contributed by atoms with van der Waals surface area (Å²) in [7, 11) is 1.74. The van der Waals surface area contributed by atoms with Gasteiger partial charge in [0.25, 0.3) is 5.56 Å². The van der Waals surface area contributed by atoms with Crippen LogP contribution in [-0.4, -0.2) is 38.7 Å². The van der Waals surface area contributed by atoms with Crippen molar-refractivity contribution in [3.05, 3.63) is 40.7 Å². The molecule has 1 N–H and O–H groups in total. The predicted octanol–water partition coefficient (Wildman–Crippen LogP) is 0.960. The van der Waals surface area contributed by atoms with Crippen molar-refractivity contribution in [3.8, 4) is 0 Å². The van der Waals surface area contributed by atoms with E-state index in [4.69, 9.17) is 0 Å². The van der Waals surface area contributed by atoms with Gasteiger partial charge in [0.05, 0.1) is 0 Å². The smallest absolute Gasteiger partial charge is 0.293 e. The Balaban J connectivity index is 1.74. The number of hydrogen-bond donors (Lipinski definition) is 1. The van der Waals surface area contributed by atoms with Gasteiger partial charge in [-0.1, -0.05) is 0 Å². The van der Waals surface area contributed by atoms with E-state index in [0.29, 0.717) is 11.8 Å². The summed E-state index contributed by atoms with van der Waals surface area (Å²) in [6.45, 7) is 3.51. The fourth-order valence-corrected chi connectivity index (χ4v) is 2.69. The van der Waals surface area contributed by atoms with Crippen LogP contribution in [0.15, 0.2) is 29.5 Å². The number of nitrogens with one attached hydrogen (secondary N) is 1. The average molecular weight is 300 g/mol. The molecular formula is C15H20N6O. The van der Waals surface area contributed by atoms with Crippen LogP contribution in [0, 0.1) is 6.92 Å². The van der Waals surface area contributed by atoms with Crippen LogP contribution in [0.2, 0.25) is 0 Å². The molecule has 3 heterocycles. The summed E-state index contributed by atoms with van der Waals surface area (Å²) in [5.74, 6) is 1.16. The molecule has 2 aromatic rings. The number of hydrogen-bond acceptors (Lipinski definition) is 6. The van der Waals surface area contributed by atoms with Crippen molar-refractivity contribution in [2.75, 3.05) is 23.3 Å². The van der Waals surface area contributed by atoms with E-state index in [1.54, 1.807) is 30.2 Å². The lowest BCUT2D eigenvalue weighted by molar-refractivity contribution is 0.521. The topological polar surface area (TPSA) is 75.9 Å². The summed E-state index contributed by atoms with van der Waals surface area (Å²) in [4.78, 5) is 27.1. The van der Waals surface area contributed by atoms with E-state index in [0.717, 1.165) is 31.6 Å². The van der Waals surface area contributed by atoms with Crippen LogP contribution in [0.1, 0.15) is 18.5 Å². The molecule has 7 nitrogen and oxygen atoms in total. The first-order chi connectivity index (χ1) is 10.6. The second-order valence-corrected chi connectivity index (χ2v) is 5.62. The molecule has 1 atom stereocenters. The monoisotopic (exact) mass is 300 g/mol. The Morgan fingerprint density at radius 2 is 2.18 bits per heavy atom. The van der Waals surface area contributed by atoms with Crippen LogP contribution in [-0.2, 0) is 7.05 Å². The van der Waals surface area contributed by atoms with Gasteiger partial charge < -0.3 is 14.8 Å². The minimum absolute atomic E-state index is 0.0602. The SMILES string of the molecule is Cc1ccnc(N[C@H]2CCCN(c3nccn(C)c3=O)C2)n1. The zero-order valence-electron chi connectivity index (χ0n) is 12.9. The van der Waals surface area contributed by atoms with Gasteiger partial charge in [-0.05, 0) is 25.8 Å². The van der Waals surface area contributed by atoms with Crippen molar-refractivity contribution in [2.45, 2.75) is 25.8 Å². The maximum atomic E-state index is 12.2. The molecule has 1 aliphatic rings. The van der Waals surface area contributed by atoms with Crippen LogP contribution in [0.4, 0.5) is 11.8 Å². The summed E-state index contributed by atoms with van der Waals surface area (Å²) in [6.07, 6.45) is 7.12. The molecule has 0 spiro atoms. The van der Waals surface area contributed by atoms with Crippen molar-refractivity contribution in [3.63, 3.8) is 0 Å². The lowest BCUT2D eigenvalue weighted by Gasteiger charge is -2.33. The molecule has 0 radical (unpaired) electrons. The van der Waals surface area contributed by atoms with Crippen LogP contribution in [0.5, 0.6) is 0 Å². The van der Waals surface area contributed by atoms with Crippen molar-refractivity contribution >= 4 is 11.8 Å². The van der Waals surface area contributed by atoms with E-state index in [1.807, 2.05) is 17.9 Å². The van der Waals surface area contributed by atoms with Gasteiger partial charge in [0.1, 0.15) is 0 Å². The highest BCUT2D eigenvalue weighted by Crippen LogP contribution is 2.17. The Morgan fingerprint density at radius 3 is 3.00 bits per heavy atom. The number of anilines is 2. The summed E-state index contributed by atoms with van der Waals surface area (Å²) >= 11 is 0. The second kappa shape index (κ2) is 6.13. The van der Waals surface area contributed by atoms with Gasteiger partial charge in [-0.3, -0.25) is 4.79 Å². The van der Waals surface area contributed by atoms with E-state index >= 15 is 0 Å². The Bertz CT molecular complexity index is 713. The molecule has 1 saturated heterocycles. The van der Waals surface area contributed by atoms with Crippen LogP contribution >= 0.6 is 0 Å². The van der Waals surface area contributed by atoms with Gasteiger partial charge >= 0.3 is 0 Å². The highest BCUT2D eigenvalue weighted by Gasteiger charge is 2.23. The molecule has 0 amide bonds. The Kier molecular flexibility index (Phi) is 4.04. The Hall–Kier alpha value is -2.44. The maximum Gasteiger partial charge on any atom is 0.293 e. The van der Waals surface area contributed by atoms with E-state index in [1.165, 1.54) is 0 Å². The number of nitrogens with zero attached hydrogens (tertiary/aromatic N) is 5. The van der Waals surface area contributed by atoms with E-state index in [9.17, 15) is 4.79 Å². The van der Waals surface area contributed by atoms with Crippen molar-refractivity contribution in [2.24, 2.45) is 7.05 Å². The molecule has 3 rings (SSSR count). The first-order valence-electron chi connectivity index (χ1n) is 7.46. The maximum absolute atomic E-state index is 12.2. The number of piperidine rings is 1. The summed E-state index contributed by atoms with van der Waals surface area (Å²) in [5.41, 5.74) is 0.874. The van der Waals surface area contributed by atoms with E-state index in [2.05, 4.69) is 20.3 Å². The molecule has 0 bridgehead atoms. The Labute approximate surface area is 129 Å². The quantitative estimate of drug-likeness (QED) is 0.910. The van der Waals surface area contributed by atoms with Gasteiger partial charge in [-0.15, -0.1) is 0 Å². The second-order valence-electron chi connectivity index (χ2n) is 5.62. The van der Waals surface area contributed by atoms with Crippen LogP contribution in [0.3, 0.4) is 0 Å². The zero-order chi connectivity index (χ0) is 15.5. The van der Waals surface area contributed by atoms with Crippen molar-refractivity contribution in [1.82, 2.24) is 19.5 Å². The third-order valence-electron chi connectivity index (χ3n) is 3.85. The standard InChI is InChI=1S/C15H20N6O/c1-11-5-6-17-15(18-11)19-12-4-3-8-21(10-12)13-14(22)20(2)9-7-16-13/h5-7,9,12H,3-4,8,10H2,1-2H3,(H,17,18,19)/t12-/m0/s1. The van der Waals surface area contributed by atoms with Gasteiger partial charge in [-0.2, -0.15) is 0 Å². The molecule has 0 saturated carbocycles.